The van der Waals surface area contributed by atoms with E-state index < -0.39 is 23.8 Å². The van der Waals surface area contributed by atoms with Crippen molar-refractivity contribution >= 4 is 34.2 Å². The number of esters is 1. The summed E-state index contributed by atoms with van der Waals surface area (Å²) in [4.78, 5) is 37.9. The van der Waals surface area contributed by atoms with Gasteiger partial charge in [-0.05, 0) is 57.9 Å². The number of thiophene rings is 1. The van der Waals surface area contributed by atoms with Crippen molar-refractivity contribution in [1.82, 2.24) is 0 Å². The van der Waals surface area contributed by atoms with E-state index in [0.717, 1.165) is 47.3 Å². The van der Waals surface area contributed by atoms with E-state index in [-0.39, 0.29) is 5.91 Å². The van der Waals surface area contributed by atoms with Gasteiger partial charge in [-0.25, -0.2) is 4.79 Å². The lowest BCUT2D eigenvalue weighted by atomic mass is 9.76. The standard InChI is InChI=1S/C20H25NO5S/c1-10-8-13(14(19(23)24)9-11(10)2)17(22)21-18-16(20(25)26-3)12-6-4-5-7-15(12)27-18/h13-14H,4-9H2,1-3H3,(H,21,22)(H,23,24)/p-1/t13-,14-/m0/s1. The first-order chi connectivity index (χ1) is 12.8. The van der Waals surface area contributed by atoms with E-state index in [2.05, 4.69) is 5.32 Å². The fourth-order valence-corrected chi connectivity index (χ4v) is 5.27. The van der Waals surface area contributed by atoms with Gasteiger partial charge >= 0.3 is 5.97 Å². The Morgan fingerprint density at radius 3 is 2.33 bits per heavy atom. The molecule has 2 aliphatic rings. The number of carboxylic acids is 1. The first-order valence-electron chi connectivity index (χ1n) is 9.23. The first kappa shape index (κ1) is 19.6. The molecule has 0 radical (unpaired) electrons. The lowest BCUT2D eigenvalue weighted by Gasteiger charge is -2.32. The summed E-state index contributed by atoms with van der Waals surface area (Å²) >= 11 is 1.40. The van der Waals surface area contributed by atoms with E-state index in [1.807, 2.05) is 13.8 Å². The number of methoxy groups -OCH3 is 1. The van der Waals surface area contributed by atoms with Crippen molar-refractivity contribution in [2.75, 3.05) is 12.4 Å². The Balaban J connectivity index is 1.90. The van der Waals surface area contributed by atoms with Gasteiger partial charge in [-0.15, -0.1) is 11.3 Å². The van der Waals surface area contributed by atoms with Gasteiger partial charge < -0.3 is 20.0 Å². The number of nitrogens with one attached hydrogen (secondary N) is 1. The highest BCUT2D eigenvalue weighted by Gasteiger charge is 2.35. The molecule has 1 amide bonds. The summed E-state index contributed by atoms with van der Waals surface area (Å²) in [6.45, 7) is 3.81. The molecule has 0 fully saturated rings. The quantitative estimate of drug-likeness (QED) is 0.629. The molecule has 7 heteroatoms. The van der Waals surface area contributed by atoms with Crippen molar-refractivity contribution in [2.45, 2.75) is 52.4 Å². The molecule has 27 heavy (non-hydrogen) atoms. The maximum atomic E-state index is 12.9. The molecule has 0 bridgehead atoms. The fourth-order valence-electron chi connectivity index (χ4n) is 3.99. The average molecular weight is 390 g/mol. The number of carboxylic acid groups (broad SMARTS) is 1. The Morgan fingerprint density at radius 2 is 1.70 bits per heavy atom. The Hall–Kier alpha value is -2.15. The van der Waals surface area contributed by atoms with Crippen LogP contribution in [0.1, 0.15) is 60.3 Å². The molecule has 3 rings (SSSR count). The lowest BCUT2D eigenvalue weighted by molar-refractivity contribution is -0.313. The van der Waals surface area contributed by atoms with Crippen molar-refractivity contribution in [3.63, 3.8) is 0 Å². The van der Waals surface area contributed by atoms with E-state index in [4.69, 9.17) is 4.74 Å². The Morgan fingerprint density at radius 1 is 1.07 bits per heavy atom. The Kier molecular flexibility index (Phi) is 5.69. The SMILES string of the molecule is COC(=O)c1c(NC(=O)[C@H]2CC(C)=C(C)C[C@@H]2C(=O)[O-])sc2c1CCCC2. The molecule has 6 nitrogen and oxygen atoms in total. The predicted octanol–water partition coefficient (Wildman–Crippen LogP) is 2.46. The number of hydrogen-bond acceptors (Lipinski definition) is 6. The topological polar surface area (TPSA) is 95.5 Å². The molecule has 146 valence electrons. The van der Waals surface area contributed by atoms with Gasteiger partial charge in [0, 0.05) is 16.8 Å². The van der Waals surface area contributed by atoms with Crippen molar-refractivity contribution in [1.29, 1.82) is 0 Å². The minimum Gasteiger partial charge on any atom is -0.550 e. The van der Waals surface area contributed by atoms with Gasteiger partial charge in [0.2, 0.25) is 5.91 Å². The zero-order chi connectivity index (χ0) is 19.7. The highest BCUT2D eigenvalue weighted by molar-refractivity contribution is 7.17. The van der Waals surface area contributed by atoms with E-state index >= 15 is 0 Å². The molecular weight excluding hydrogens is 366 g/mol. The molecular formula is C20H24NO5S-. The lowest BCUT2D eigenvalue weighted by Crippen LogP contribution is -2.42. The van der Waals surface area contributed by atoms with Crippen LogP contribution in [0.5, 0.6) is 0 Å². The molecule has 0 aromatic carbocycles. The average Bonchev–Trinajstić information content (AvgIpc) is 3.00. The molecule has 2 aliphatic carbocycles. The molecule has 1 aromatic rings. The molecule has 1 N–H and O–H groups in total. The maximum Gasteiger partial charge on any atom is 0.341 e. The summed E-state index contributed by atoms with van der Waals surface area (Å²) in [5.74, 6) is -3.61. The van der Waals surface area contributed by atoms with Crippen LogP contribution < -0.4 is 10.4 Å². The van der Waals surface area contributed by atoms with Crippen LogP contribution >= 0.6 is 11.3 Å². The van der Waals surface area contributed by atoms with Crippen LogP contribution in [0.25, 0.3) is 0 Å². The van der Waals surface area contributed by atoms with Crippen LogP contribution in [0.4, 0.5) is 5.00 Å². The second kappa shape index (κ2) is 7.84. The van der Waals surface area contributed by atoms with E-state index in [9.17, 15) is 19.5 Å². The van der Waals surface area contributed by atoms with E-state index in [0.29, 0.717) is 23.4 Å². The third kappa shape index (κ3) is 3.78. The smallest absolute Gasteiger partial charge is 0.341 e. The maximum absolute atomic E-state index is 12.9. The highest BCUT2D eigenvalue weighted by Crippen LogP contribution is 2.40. The molecule has 0 spiro atoms. The molecule has 0 aliphatic heterocycles. The first-order valence-corrected chi connectivity index (χ1v) is 10.0. The predicted molar refractivity (Wildman–Crippen MR) is 101 cm³/mol. The van der Waals surface area contributed by atoms with Crippen LogP contribution in [-0.2, 0) is 27.2 Å². The van der Waals surface area contributed by atoms with Crippen LogP contribution in [0.3, 0.4) is 0 Å². The molecule has 0 saturated carbocycles. The number of amides is 1. The van der Waals surface area contributed by atoms with Crippen molar-refractivity contribution in [3.05, 3.63) is 27.2 Å². The number of aliphatic carboxylic acids is 1. The minimum absolute atomic E-state index is 0.317. The van der Waals surface area contributed by atoms with Gasteiger partial charge in [0.05, 0.1) is 18.6 Å². The van der Waals surface area contributed by atoms with Gasteiger partial charge in [0.15, 0.2) is 0 Å². The molecule has 1 heterocycles. The van der Waals surface area contributed by atoms with E-state index in [1.165, 1.54) is 18.4 Å². The number of hydrogen-bond donors (Lipinski definition) is 1. The van der Waals surface area contributed by atoms with Crippen LogP contribution in [0.2, 0.25) is 0 Å². The summed E-state index contributed by atoms with van der Waals surface area (Å²) in [6.07, 6.45) is 4.43. The zero-order valence-corrected chi connectivity index (χ0v) is 16.7. The number of aryl methyl sites for hydroxylation is 1. The minimum atomic E-state index is -1.21. The van der Waals surface area contributed by atoms with E-state index in [1.54, 1.807) is 0 Å². The van der Waals surface area contributed by atoms with Crippen molar-refractivity contribution in [3.8, 4) is 0 Å². The second-order valence-corrected chi connectivity index (χ2v) is 8.50. The molecule has 0 unspecified atom stereocenters. The number of ether oxygens (including phenoxy) is 1. The normalized spacial score (nSPS) is 22.2. The van der Waals surface area contributed by atoms with Gasteiger partial charge in [0.25, 0.3) is 0 Å². The number of anilines is 1. The Labute approximate surface area is 162 Å². The zero-order valence-electron chi connectivity index (χ0n) is 15.8. The highest BCUT2D eigenvalue weighted by atomic mass is 32.1. The molecule has 1 aromatic heterocycles. The number of allylic oxidation sites excluding steroid dienone is 2. The van der Waals surface area contributed by atoms with Crippen LogP contribution in [0.15, 0.2) is 11.1 Å². The number of fused-ring (bicyclic) bond motifs is 1. The second-order valence-electron chi connectivity index (χ2n) is 7.40. The summed E-state index contributed by atoms with van der Waals surface area (Å²) < 4.78 is 4.92. The summed E-state index contributed by atoms with van der Waals surface area (Å²) in [5.41, 5.74) is 3.41. The van der Waals surface area contributed by atoms with Crippen molar-refractivity contribution in [2.24, 2.45) is 11.8 Å². The number of carbonyl (C=O) groups is 3. The van der Waals surface area contributed by atoms with Crippen LogP contribution in [0, 0.1) is 11.8 Å². The van der Waals surface area contributed by atoms with Crippen LogP contribution in [-0.4, -0.2) is 25.0 Å². The summed E-state index contributed by atoms with van der Waals surface area (Å²) in [7, 11) is 1.32. The molecule has 2 atom stereocenters. The monoisotopic (exact) mass is 390 g/mol. The fraction of sp³-hybridized carbons (Fsp3) is 0.550. The summed E-state index contributed by atoms with van der Waals surface area (Å²) in [6, 6.07) is 0. The third-order valence-corrected chi connectivity index (χ3v) is 6.91. The largest absolute Gasteiger partial charge is 0.550 e. The third-order valence-electron chi connectivity index (χ3n) is 5.70. The number of carbonyl (C=O) groups excluding carboxylic acids is 3. The van der Waals surface area contributed by atoms with Gasteiger partial charge in [0.1, 0.15) is 5.00 Å². The van der Waals surface area contributed by atoms with Gasteiger partial charge in [-0.2, -0.15) is 0 Å². The van der Waals surface area contributed by atoms with Crippen molar-refractivity contribution < 1.29 is 24.2 Å². The molecule has 0 saturated heterocycles. The number of rotatable bonds is 4. The van der Waals surface area contributed by atoms with Gasteiger partial charge in [-0.3, -0.25) is 4.79 Å². The summed E-state index contributed by atoms with van der Waals surface area (Å²) in [5, 5.41) is 14.9. The Bertz CT molecular complexity index is 823. The van der Waals surface area contributed by atoms with Gasteiger partial charge in [-0.1, -0.05) is 11.1 Å².